The molecule has 0 aromatic carbocycles. The van der Waals surface area contributed by atoms with E-state index in [9.17, 15) is 23.4 Å². The fourth-order valence-corrected chi connectivity index (χ4v) is 5.05. The van der Waals surface area contributed by atoms with E-state index in [0.717, 1.165) is 72.0 Å². The highest BCUT2D eigenvalue weighted by atomic mass is 19.4. The highest BCUT2D eigenvalue weighted by Gasteiger charge is 2.37. The minimum absolute atomic E-state index is 0.0138. The summed E-state index contributed by atoms with van der Waals surface area (Å²) < 4.78 is 39.5. The van der Waals surface area contributed by atoms with Crippen LogP contribution >= 0.6 is 0 Å². The normalized spacial score (nSPS) is 21.8. The number of alkyl halides is 3. The first-order chi connectivity index (χ1) is 15.5. The number of pyridine rings is 1. The van der Waals surface area contributed by atoms with Crippen LogP contribution in [-0.4, -0.2) is 21.4 Å². The van der Waals surface area contributed by atoms with Gasteiger partial charge in [0, 0.05) is 22.5 Å². The van der Waals surface area contributed by atoms with Crippen molar-refractivity contribution in [2.24, 2.45) is 5.41 Å². The van der Waals surface area contributed by atoms with Gasteiger partial charge in [0.1, 0.15) is 0 Å². The summed E-state index contributed by atoms with van der Waals surface area (Å²) in [5, 5.41) is 22.3. The fraction of sp³-hybridized carbons (Fsp3) is 0.519. The minimum Gasteiger partial charge on any atom is -0.388 e. The minimum atomic E-state index is -4.49. The second-order valence-corrected chi connectivity index (χ2v) is 9.75. The maximum absolute atomic E-state index is 13.2. The summed E-state index contributed by atoms with van der Waals surface area (Å²) in [5.41, 5.74) is 4.13. The number of nitrogens with zero attached hydrogens (tertiary/aromatic N) is 1. The van der Waals surface area contributed by atoms with Crippen LogP contribution in [0.1, 0.15) is 93.2 Å². The van der Waals surface area contributed by atoms with E-state index in [1.165, 1.54) is 6.08 Å². The molecule has 0 amide bonds. The lowest BCUT2D eigenvalue weighted by Gasteiger charge is -2.37. The van der Waals surface area contributed by atoms with Gasteiger partial charge in [-0.05, 0) is 61.5 Å². The van der Waals surface area contributed by atoms with Crippen LogP contribution < -0.4 is 0 Å². The van der Waals surface area contributed by atoms with Crippen molar-refractivity contribution in [1.82, 2.24) is 4.98 Å². The molecule has 0 fully saturated rings. The molecule has 33 heavy (non-hydrogen) atoms. The molecule has 2 aliphatic rings. The Labute approximate surface area is 194 Å². The average molecular weight is 462 g/mol. The summed E-state index contributed by atoms with van der Waals surface area (Å²) in [7, 11) is 0. The van der Waals surface area contributed by atoms with E-state index in [0.29, 0.717) is 18.4 Å². The molecule has 1 heterocycles. The number of aliphatic hydroxyl groups excluding tert-OH is 2. The summed E-state index contributed by atoms with van der Waals surface area (Å²) in [6.07, 6.45) is 5.03. The molecule has 0 spiro atoms. The quantitative estimate of drug-likeness (QED) is 0.436. The number of rotatable bonds is 7. The van der Waals surface area contributed by atoms with Gasteiger partial charge < -0.3 is 10.2 Å². The SMILES string of the molecule is C=C/C=C(\C=C/CC(O)c1c(CC)nc2c(c1C1=CCCC1)C(O)CC(C)(C)C2)C(F)(F)F. The van der Waals surface area contributed by atoms with Gasteiger partial charge in [-0.1, -0.05) is 57.7 Å². The van der Waals surface area contributed by atoms with Crippen molar-refractivity contribution in [3.05, 3.63) is 70.6 Å². The van der Waals surface area contributed by atoms with Crippen LogP contribution in [0.5, 0.6) is 0 Å². The molecule has 3 nitrogen and oxygen atoms in total. The Bertz CT molecular complexity index is 986. The number of aryl methyl sites for hydroxylation is 1. The van der Waals surface area contributed by atoms with Crippen LogP contribution in [0.3, 0.4) is 0 Å². The second-order valence-electron chi connectivity index (χ2n) is 9.75. The Balaban J connectivity index is 2.07. The van der Waals surface area contributed by atoms with Gasteiger partial charge in [-0.3, -0.25) is 4.98 Å². The third-order valence-electron chi connectivity index (χ3n) is 6.47. The van der Waals surface area contributed by atoms with E-state index >= 15 is 0 Å². The third-order valence-corrected chi connectivity index (χ3v) is 6.47. The predicted octanol–water partition coefficient (Wildman–Crippen LogP) is 6.87. The first-order valence-electron chi connectivity index (χ1n) is 11.7. The van der Waals surface area contributed by atoms with Gasteiger partial charge in [0.25, 0.3) is 0 Å². The number of fused-ring (bicyclic) bond motifs is 1. The Morgan fingerprint density at radius 3 is 2.67 bits per heavy atom. The Morgan fingerprint density at radius 2 is 2.09 bits per heavy atom. The van der Waals surface area contributed by atoms with Gasteiger partial charge in [-0.15, -0.1) is 0 Å². The zero-order chi connectivity index (χ0) is 24.4. The number of aliphatic hydroxyl groups is 2. The van der Waals surface area contributed by atoms with Gasteiger partial charge in [-0.2, -0.15) is 13.2 Å². The van der Waals surface area contributed by atoms with Crippen molar-refractivity contribution in [2.45, 2.75) is 84.1 Å². The van der Waals surface area contributed by atoms with E-state index in [1.807, 2.05) is 6.92 Å². The van der Waals surface area contributed by atoms with Gasteiger partial charge in [0.2, 0.25) is 0 Å². The van der Waals surface area contributed by atoms with E-state index < -0.39 is 24.0 Å². The Kier molecular flexibility index (Phi) is 7.69. The molecule has 6 heteroatoms. The number of halogens is 3. The van der Waals surface area contributed by atoms with Gasteiger partial charge in [-0.25, -0.2) is 0 Å². The van der Waals surface area contributed by atoms with E-state index in [4.69, 9.17) is 4.98 Å². The molecule has 3 rings (SSSR count). The topological polar surface area (TPSA) is 53.4 Å². The van der Waals surface area contributed by atoms with Gasteiger partial charge in [0.15, 0.2) is 0 Å². The third kappa shape index (κ3) is 5.67. The standard InChI is InChI=1S/C27H34F3NO2/c1-5-10-18(27(28,29)30)13-9-14-21(32)24-19(6-2)31-20-15-26(3,4)16-22(33)25(20)23(24)17-11-7-8-12-17/h5,9-11,13,21-22,32-33H,1,6-8,12,14-16H2,2-4H3/b13-9-,18-10+. The van der Waals surface area contributed by atoms with Crippen molar-refractivity contribution >= 4 is 5.57 Å². The highest BCUT2D eigenvalue weighted by molar-refractivity contribution is 5.74. The van der Waals surface area contributed by atoms with Gasteiger partial charge >= 0.3 is 6.18 Å². The van der Waals surface area contributed by atoms with Crippen LogP contribution in [0.4, 0.5) is 13.2 Å². The lowest BCUT2D eigenvalue weighted by Crippen LogP contribution is -2.29. The van der Waals surface area contributed by atoms with Crippen molar-refractivity contribution in [1.29, 1.82) is 0 Å². The molecule has 2 aliphatic carbocycles. The average Bonchev–Trinajstić information content (AvgIpc) is 3.24. The smallest absolute Gasteiger partial charge is 0.388 e. The fourth-order valence-electron chi connectivity index (χ4n) is 5.05. The molecule has 0 aliphatic heterocycles. The molecule has 180 valence electrons. The van der Waals surface area contributed by atoms with E-state index in [-0.39, 0.29) is 11.8 Å². The summed E-state index contributed by atoms with van der Waals surface area (Å²) in [6.45, 7) is 9.54. The van der Waals surface area contributed by atoms with Gasteiger partial charge in [0.05, 0.1) is 17.8 Å². The van der Waals surface area contributed by atoms with Crippen LogP contribution in [0.25, 0.3) is 5.57 Å². The van der Waals surface area contributed by atoms with E-state index in [2.05, 4.69) is 26.5 Å². The second kappa shape index (κ2) is 9.98. The van der Waals surface area contributed by atoms with Crippen molar-refractivity contribution in [3.63, 3.8) is 0 Å². The number of allylic oxidation sites excluding steroid dienone is 6. The number of hydrogen-bond acceptors (Lipinski definition) is 3. The number of hydrogen-bond donors (Lipinski definition) is 2. The monoisotopic (exact) mass is 461 g/mol. The largest absolute Gasteiger partial charge is 0.416 e. The maximum Gasteiger partial charge on any atom is 0.416 e. The molecule has 2 N–H and O–H groups in total. The van der Waals surface area contributed by atoms with Crippen molar-refractivity contribution in [3.8, 4) is 0 Å². The highest BCUT2D eigenvalue weighted by Crippen LogP contribution is 2.47. The Hall–Kier alpha value is -2.18. The molecule has 2 atom stereocenters. The maximum atomic E-state index is 13.2. The predicted molar refractivity (Wildman–Crippen MR) is 126 cm³/mol. The first kappa shape index (κ1) is 25.4. The Morgan fingerprint density at radius 1 is 1.36 bits per heavy atom. The summed E-state index contributed by atoms with van der Waals surface area (Å²) in [5.74, 6) is 0. The summed E-state index contributed by atoms with van der Waals surface area (Å²) in [6, 6.07) is 0. The molecule has 0 saturated heterocycles. The molecule has 1 aromatic rings. The number of aromatic nitrogens is 1. The van der Waals surface area contributed by atoms with E-state index in [1.54, 1.807) is 0 Å². The van der Waals surface area contributed by atoms with Crippen molar-refractivity contribution < 1.29 is 23.4 Å². The zero-order valence-electron chi connectivity index (χ0n) is 19.7. The van der Waals surface area contributed by atoms with Crippen LogP contribution in [0, 0.1) is 5.41 Å². The summed E-state index contributed by atoms with van der Waals surface area (Å²) >= 11 is 0. The molecule has 0 saturated carbocycles. The van der Waals surface area contributed by atoms with Crippen LogP contribution in [0.2, 0.25) is 0 Å². The molecule has 0 radical (unpaired) electrons. The molecule has 1 aromatic heterocycles. The molecule has 0 bridgehead atoms. The van der Waals surface area contributed by atoms with Crippen LogP contribution in [0.15, 0.2) is 42.5 Å². The van der Waals surface area contributed by atoms with Crippen LogP contribution in [-0.2, 0) is 12.8 Å². The first-order valence-corrected chi connectivity index (χ1v) is 11.7. The molecular weight excluding hydrogens is 427 g/mol. The molecular formula is C27H34F3NO2. The van der Waals surface area contributed by atoms with Crippen molar-refractivity contribution in [2.75, 3.05) is 0 Å². The molecule has 2 unspecified atom stereocenters. The zero-order valence-corrected chi connectivity index (χ0v) is 19.7. The summed E-state index contributed by atoms with van der Waals surface area (Å²) in [4.78, 5) is 4.87. The lowest BCUT2D eigenvalue weighted by atomic mass is 9.71. The lowest BCUT2D eigenvalue weighted by molar-refractivity contribution is -0.0882.